The quantitative estimate of drug-likeness (QED) is 0.617. The lowest BCUT2D eigenvalue weighted by atomic mass is 10.1. The zero-order valence-electron chi connectivity index (χ0n) is 11.9. The first kappa shape index (κ1) is 14.8. The molecule has 0 N–H and O–H groups in total. The summed E-state index contributed by atoms with van der Waals surface area (Å²) in [4.78, 5) is 13.7. The summed E-state index contributed by atoms with van der Waals surface area (Å²) < 4.78 is 18.4. The van der Waals surface area contributed by atoms with Crippen molar-refractivity contribution in [2.24, 2.45) is 0 Å². The fourth-order valence-electron chi connectivity index (χ4n) is 1.64. The molecule has 21 heavy (non-hydrogen) atoms. The maximum atomic E-state index is 12.8. The fraction of sp³-hybridized carbons (Fsp3) is 0.118. The summed E-state index contributed by atoms with van der Waals surface area (Å²) in [6.07, 6.45) is 3.21. The van der Waals surface area contributed by atoms with E-state index in [0.717, 1.165) is 0 Å². The second kappa shape index (κ2) is 6.70. The fourth-order valence-corrected chi connectivity index (χ4v) is 1.64. The number of allylic oxidation sites excluding steroid dienone is 1. The van der Waals surface area contributed by atoms with Crippen LogP contribution in [0.25, 0.3) is 0 Å². The van der Waals surface area contributed by atoms with Crippen molar-refractivity contribution in [2.45, 2.75) is 0 Å². The molecule has 2 rings (SSSR count). The summed E-state index contributed by atoms with van der Waals surface area (Å²) in [5, 5.41) is 0. The average molecular weight is 285 g/mol. The lowest BCUT2D eigenvalue weighted by Crippen LogP contribution is -2.03. The molecule has 0 saturated heterocycles. The minimum absolute atomic E-state index is 0.0722. The SMILES string of the molecule is CN(C)/C=C/C(=O)c1ccc(Oc2ccc(F)cc2)cc1. The van der Waals surface area contributed by atoms with Crippen molar-refractivity contribution in [1.82, 2.24) is 4.90 Å². The number of hydrogen-bond acceptors (Lipinski definition) is 3. The van der Waals surface area contributed by atoms with E-state index in [2.05, 4.69) is 0 Å². The lowest BCUT2D eigenvalue weighted by molar-refractivity contribution is 0.104. The van der Waals surface area contributed by atoms with Crippen molar-refractivity contribution < 1.29 is 13.9 Å². The molecule has 0 amide bonds. The summed E-state index contributed by atoms with van der Waals surface area (Å²) in [5.41, 5.74) is 0.583. The Morgan fingerprint density at radius 1 is 1.00 bits per heavy atom. The van der Waals surface area contributed by atoms with Gasteiger partial charge in [-0.25, -0.2) is 4.39 Å². The molecule has 0 radical (unpaired) electrons. The first-order valence-corrected chi connectivity index (χ1v) is 6.47. The highest BCUT2D eigenvalue weighted by Crippen LogP contribution is 2.22. The number of carbonyl (C=O) groups is 1. The Labute approximate surface area is 123 Å². The van der Waals surface area contributed by atoms with E-state index in [1.54, 1.807) is 47.5 Å². The molecular formula is C17H16FNO2. The van der Waals surface area contributed by atoms with E-state index in [1.165, 1.54) is 18.2 Å². The summed E-state index contributed by atoms with van der Waals surface area (Å²) in [7, 11) is 3.70. The van der Waals surface area contributed by atoms with E-state index < -0.39 is 0 Å². The monoisotopic (exact) mass is 285 g/mol. The van der Waals surface area contributed by atoms with Gasteiger partial charge >= 0.3 is 0 Å². The van der Waals surface area contributed by atoms with Gasteiger partial charge < -0.3 is 9.64 Å². The predicted molar refractivity (Wildman–Crippen MR) is 80.1 cm³/mol. The second-order valence-corrected chi connectivity index (χ2v) is 4.72. The highest BCUT2D eigenvalue weighted by atomic mass is 19.1. The molecule has 108 valence electrons. The zero-order chi connectivity index (χ0) is 15.2. The number of carbonyl (C=O) groups excluding carboxylic acids is 1. The van der Waals surface area contributed by atoms with Crippen LogP contribution < -0.4 is 4.74 Å². The van der Waals surface area contributed by atoms with E-state index >= 15 is 0 Å². The summed E-state index contributed by atoms with van der Waals surface area (Å²) in [5.74, 6) is 0.755. The molecular weight excluding hydrogens is 269 g/mol. The van der Waals surface area contributed by atoms with Crippen LogP contribution in [0.2, 0.25) is 0 Å². The molecule has 0 aliphatic carbocycles. The van der Waals surface area contributed by atoms with E-state index in [4.69, 9.17) is 4.74 Å². The third-order valence-electron chi connectivity index (χ3n) is 2.71. The normalized spacial score (nSPS) is 10.6. The topological polar surface area (TPSA) is 29.5 Å². The van der Waals surface area contributed by atoms with Crippen LogP contribution in [0.4, 0.5) is 4.39 Å². The van der Waals surface area contributed by atoms with Gasteiger partial charge in [-0.05, 0) is 48.5 Å². The predicted octanol–water partition coefficient (Wildman–Crippen LogP) is 3.88. The van der Waals surface area contributed by atoms with Crippen molar-refractivity contribution in [2.75, 3.05) is 14.1 Å². The molecule has 0 atom stereocenters. The molecule has 0 saturated carbocycles. The Kier molecular flexibility index (Phi) is 4.72. The molecule has 0 aliphatic rings. The molecule has 2 aromatic rings. The van der Waals surface area contributed by atoms with Gasteiger partial charge in [-0.2, -0.15) is 0 Å². The molecule has 0 aliphatic heterocycles. The summed E-state index contributed by atoms with van der Waals surface area (Å²) >= 11 is 0. The molecule has 0 heterocycles. The number of benzene rings is 2. The molecule has 0 aromatic heterocycles. The number of ether oxygens (including phenoxy) is 1. The first-order chi connectivity index (χ1) is 10.0. The van der Waals surface area contributed by atoms with Crippen LogP contribution in [0, 0.1) is 5.82 Å². The molecule has 2 aromatic carbocycles. The van der Waals surface area contributed by atoms with E-state index in [0.29, 0.717) is 17.1 Å². The maximum absolute atomic E-state index is 12.8. The number of rotatable bonds is 5. The van der Waals surface area contributed by atoms with E-state index in [-0.39, 0.29) is 11.6 Å². The molecule has 0 bridgehead atoms. The minimum Gasteiger partial charge on any atom is -0.457 e. The Balaban J connectivity index is 2.05. The summed E-state index contributed by atoms with van der Waals surface area (Å²) in [6, 6.07) is 12.6. The van der Waals surface area contributed by atoms with Crippen molar-refractivity contribution in [3.8, 4) is 11.5 Å². The van der Waals surface area contributed by atoms with Crippen LogP contribution in [0.1, 0.15) is 10.4 Å². The average Bonchev–Trinajstić information content (AvgIpc) is 2.48. The van der Waals surface area contributed by atoms with Gasteiger partial charge in [0.1, 0.15) is 17.3 Å². The highest BCUT2D eigenvalue weighted by molar-refractivity contribution is 6.04. The van der Waals surface area contributed by atoms with Crippen molar-refractivity contribution in [3.05, 3.63) is 72.2 Å². The maximum Gasteiger partial charge on any atom is 0.187 e. The van der Waals surface area contributed by atoms with Crippen LogP contribution in [-0.4, -0.2) is 24.8 Å². The molecule has 3 nitrogen and oxygen atoms in total. The number of hydrogen-bond donors (Lipinski definition) is 0. The van der Waals surface area contributed by atoms with Crippen molar-refractivity contribution in [1.29, 1.82) is 0 Å². The van der Waals surface area contributed by atoms with Gasteiger partial charge in [0.2, 0.25) is 0 Å². The van der Waals surface area contributed by atoms with Crippen LogP contribution >= 0.6 is 0 Å². The van der Waals surface area contributed by atoms with E-state index in [1.807, 2.05) is 14.1 Å². The Morgan fingerprint density at radius 2 is 1.52 bits per heavy atom. The van der Waals surface area contributed by atoms with Gasteiger partial charge in [0, 0.05) is 31.9 Å². The van der Waals surface area contributed by atoms with Crippen LogP contribution in [-0.2, 0) is 0 Å². The zero-order valence-corrected chi connectivity index (χ0v) is 11.9. The molecule has 0 unspecified atom stereocenters. The standard InChI is InChI=1S/C17H16FNO2/c1-19(2)12-11-17(20)13-3-7-15(8-4-13)21-16-9-5-14(18)6-10-16/h3-12H,1-2H3/b12-11+. The Morgan fingerprint density at radius 3 is 2.05 bits per heavy atom. The van der Waals surface area contributed by atoms with Crippen molar-refractivity contribution >= 4 is 5.78 Å². The van der Waals surface area contributed by atoms with Gasteiger partial charge in [-0.15, -0.1) is 0 Å². The Hall–Kier alpha value is -2.62. The van der Waals surface area contributed by atoms with Gasteiger partial charge in [-0.3, -0.25) is 4.79 Å². The summed E-state index contributed by atoms with van der Waals surface area (Å²) in [6.45, 7) is 0. The van der Waals surface area contributed by atoms with Crippen molar-refractivity contribution in [3.63, 3.8) is 0 Å². The molecule has 4 heteroatoms. The highest BCUT2D eigenvalue weighted by Gasteiger charge is 2.03. The van der Waals surface area contributed by atoms with Gasteiger partial charge in [0.15, 0.2) is 5.78 Å². The number of nitrogens with zero attached hydrogens (tertiary/aromatic N) is 1. The molecule has 0 fully saturated rings. The third kappa shape index (κ3) is 4.45. The van der Waals surface area contributed by atoms with E-state index in [9.17, 15) is 9.18 Å². The second-order valence-electron chi connectivity index (χ2n) is 4.72. The lowest BCUT2D eigenvalue weighted by Gasteiger charge is -2.06. The minimum atomic E-state index is -0.309. The van der Waals surface area contributed by atoms with Crippen LogP contribution in [0.3, 0.4) is 0 Å². The number of halogens is 1. The number of ketones is 1. The molecule has 0 spiro atoms. The van der Waals surface area contributed by atoms with Gasteiger partial charge in [-0.1, -0.05) is 0 Å². The van der Waals surface area contributed by atoms with Crippen LogP contribution in [0.5, 0.6) is 11.5 Å². The Bertz CT molecular complexity index is 631. The largest absolute Gasteiger partial charge is 0.457 e. The van der Waals surface area contributed by atoms with Gasteiger partial charge in [0.25, 0.3) is 0 Å². The van der Waals surface area contributed by atoms with Crippen LogP contribution in [0.15, 0.2) is 60.8 Å². The first-order valence-electron chi connectivity index (χ1n) is 6.47. The smallest absolute Gasteiger partial charge is 0.187 e. The van der Waals surface area contributed by atoms with Gasteiger partial charge in [0.05, 0.1) is 0 Å². The third-order valence-corrected chi connectivity index (χ3v) is 2.71.